The molecule has 3 aromatic rings. The van der Waals surface area contributed by atoms with Crippen LogP contribution in [-0.4, -0.2) is 50.6 Å². The van der Waals surface area contributed by atoms with Gasteiger partial charge in [0.2, 0.25) is 17.7 Å². The summed E-state index contributed by atoms with van der Waals surface area (Å²) in [5.74, 6) is -0.672. The number of nitrogens with two attached hydrogens (primary N) is 1. The molecule has 1 fully saturated rings. The number of nitrogens with zero attached hydrogens (tertiary/aromatic N) is 4. The van der Waals surface area contributed by atoms with Gasteiger partial charge in [0.05, 0.1) is 28.3 Å². The Kier molecular flexibility index (Phi) is 8.00. The number of aliphatic hydroxyl groups is 1. The molecule has 1 saturated heterocycles. The predicted octanol–water partition coefficient (Wildman–Crippen LogP) is 4.89. The van der Waals surface area contributed by atoms with Crippen molar-refractivity contribution in [1.82, 2.24) is 15.0 Å². The molecule has 37 heavy (non-hydrogen) atoms. The van der Waals surface area contributed by atoms with Crippen molar-refractivity contribution < 1.29 is 32.7 Å². The predicted molar refractivity (Wildman–Crippen MR) is 128 cm³/mol. The molecule has 0 aliphatic carbocycles. The number of ether oxygens (including phenoxy) is 1. The number of rotatable bonds is 7. The number of likely N-dealkylation sites (tertiary alicyclic amines) is 1. The molecule has 4 rings (SSSR count). The minimum atomic E-state index is -4.69. The van der Waals surface area contributed by atoms with E-state index >= 15 is 0 Å². The largest absolute Gasteiger partial charge is 0.493 e. The Morgan fingerprint density at radius 3 is 2.70 bits per heavy atom. The molecule has 9 nitrogen and oxygen atoms in total. The minimum Gasteiger partial charge on any atom is -0.493 e. The van der Waals surface area contributed by atoms with Gasteiger partial charge < -0.3 is 30.2 Å². The number of benzene rings is 2. The van der Waals surface area contributed by atoms with E-state index in [0.29, 0.717) is 22.9 Å². The third-order valence-corrected chi connectivity index (χ3v) is 6.54. The third kappa shape index (κ3) is 6.20. The molecule has 0 spiro atoms. The van der Waals surface area contributed by atoms with Crippen molar-refractivity contribution in [3.8, 4) is 17.1 Å². The molecular formula is C23H22Cl2F3N5O4. The zero-order valence-corrected chi connectivity index (χ0v) is 20.6. The van der Waals surface area contributed by atoms with Crippen LogP contribution < -0.4 is 10.5 Å². The van der Waals surface area contributed by atoms with Crippen LogP contribution in [0.4, 0.5) is 13.2 Å². The maximum atomic E-state index is 13.8. The number of alkyl halides is 3. The van der Waals surface area contributed by atoms with Gasteiger partial charge in [-0.3, -0.25) is 0 Å². The maximum Gasteiger partial charge on any atom is 0.419 e. The van der Waals surface area contributed by atoms with Gasteiger partial charge in [-0.15, -0.1) is 0 Å². The van der Waals surface area contributed by atoms with Crippen molar-refractivity contribution in [3.63, 3.8) is 0 Å². The van der Waals surface area contributed by atoms with E-state index in [1.807, 2.05) is 0 Å². The van der Waals surface area contributed by atoms with E-state index in [2.05, 4.69) is 15.3 Å². The molecule has 0 amide bonds. The van der Waals surface area contributed by atoms with E-state index in [1.165, 1.54) is 17.0 Å². The lowest BCUT2D eigenvalue weighted by molar-refractivity contribution is -0.138. The third-order valence-electron chi connectivity index (χ3n) is 5.80. The molecule has 0 radical (unpaired) electrons. The van der Waals surface area contributed by atoms with Crippen LogP contribution in [0.1, 0.15) is 35.9 Å². The summed E-state index contributed by atoms with van der Waals surface area (Å²) < 4.78 is 52.1. The highest BCUT2D eigenvalue weighted by Crippen LogP contribution is 2.39. The Balaban J connectivity index is 1.48. The van der Waals surface area contributed by atoms with Crippen molar-refractivity contribution in [2.75, 3.05) is 13.2 Å². The normalized spacial score (nSPS) is 18.4. The molecule has 0 saturated carbocycles. The summed E-state index contributed by atoms with van der Waals surface area (Å²) in [4.78, 5) is 5.55. The highest BCUT2D eigenvalue weighted by molar-refractivity contribution is 6.42. The number of aryl methyl sites for hydroxylation is 1. The molecule has 2 heterocycles. The average Bonchev–Trinajstić information content (AvgIpc) is 3.50. The van der Waals surface area contributed by atoms with Crippen molar-refractivity contribution in [3.05, 3.63) is 63.5 Å². The summed E-state index contributed by atoms with van der Waals surface area (Å²) in [5, 5.41) is 26.5. The first kappa shape index (κ1) is 26.8. The standard InChI is InChI=1S/C23H22Cl2F3N5O4/c24-16-5-3-12(8-17(16)25)2-1-7-36-19-6-4-13(9-15(19)23(26,27)28)20-30-21(37-32-20)18-10-14(34)11-33(18)22(29)31-35/h3-6,8-9,14,18,34-35H,1-2,7,10-11H2,(H2,29,31)/t14-,18+/m1/s1. The van der Waals surface area contributed by atoms with Crippen LogP contribution in [0.25, 0.3) is 11.4 Å². The van der Waals surface area contributed by atoms with Gasteiger partial charge in [-0.1, -0.05) is 39.6 Å². The second-order valence-electron chi connectivity index (χ2n) is 8.38. The number of halogens is 5. The highest BCUT2D eigenvalue weighted by atomic mass is 35.5. The number of hydrogen-bond acceptors (Lipinski definition) is 7. The molecule has 2 atom stereocenters. The summed E-state index contributed by atoms with van der Waals surface area (Å²) in [6.07, 6.45) is -4.35. The van der Waals surface area contributed by atoms with Crippen LogP contribution in [0.2, 0.25) is 10.0 Å². The molecule has 1 aliphatic heterocycles. The number of aromatic nitrogens is 2. The average molecular weight is 560 g/mol. The van der Waals surface area contributed by atoms with Crippen LogP contribution in [0.15, 0.2) is 46.1 Å². The van der Waals surface area contributed by atoms with Crippen LogP contribution in [0.3, 0.4) is 0 Å². The topological polar surface area (TPSA) is 130 Å². The van der Waals surface area contributed by atoms with Gasteiger partial charge in [-0.2, -0.15) is 18.2 Å². The number of oxime groups is 1. The Hall–Kier alpha value is -3.22. The second-order valence-corrected chi connectivity index (χ2v) is 9.20. The SMILES string of the molecule is N/C(=N\O)N1C[C@H](O)C[C@H]1c1nc(-c2ccc(OCCCc3ccc(Cl)c(Cl)c3)c(C(F)(F)F)c2)no1. The first-order valence-electron chi connectivity index (χ1n) is 11.1. The van der Waals surface area contributed by atoms with Gasteiger partial charge in [0.1, 0.15) is 11.8 Å². The molecule has 4 N–H and O–H groups in total. The van der Waals surface area contributed by atoms with E-state index in [0.717, 1.165) is 11.6 Å². The summed E-state index contributed by atoms with van der Waals surface area (Å²) in [6, 6.07) is 7.93. The Morgan fingerprint density at radius 2 is 2.00 bits per heavy atom. The quantitative estimate of drug-likeness (QED) is 0.123. The molecule has 14 heteroatoms. The highest BCUT2D eigenvalue weighted by Gasteiger charge is 2.38. The van der Waals surface area contributed by atoms with Crippen LogP contribution in [-0.2, 0) is 12.6 Å². The Bertz CT molecular complexity index is 1290. The van der Waals surface area contributed by atoms with Gasteiger partial charge in [0.15, 0.2) is 0 Å². The van der Waals surface area contributed by atoms with Crippen molar-refractivity contribution in [2.45, 2.75) is 37.6 Å². The van der Waals surface area contributed by atoms with E-state index in [9.17, 15) is 18.3 Å². The summed E-state index contributed by atoms with van der Waals surface area (Å²) in [6.45, 7) is 0.107. The summed E-state index contributed by atoms with van der Waals surface area (Å²) in [5.41, 5.74) is 5.60. The fraction of sp³-hybridized carbons (Fsp3) is 0.348. The molecule has 0 bridgehead atoms. The van der Waals surface area contributed by atoms with Crippen molar-refractivity contribution in [1.29, 1.82) is 0 Å². The number of aliphatic hydroxyl groups excluding tert-OH is 1. The number of hydrogen-bond donors (Lipinski definition) is 3. The second kappa shape index (κ2) is 11.0. The van der Waals surface area contributed by atoms with Crippen molar-refractivity contribution >= 4 is 29.2 Å². The van der Waals surface area contributed by atoms with Gasteiger partial charge in [-0.05, 0) is 48.7 Å². The Morgan fingerprint density at radius 1 is 1.22 bits per heavy atom. The Labute approximate surface area is 219 Å². The van der Waals surface area contributed by atoms with Gasteiger partial charge in [-0.25, -0.2) is 0 Å². The monoisotopic (exact) mass is 559 g/mol. The maximum absolute atomic E-state index is 13.8. The zero-order valence-electron chi connectivity index (χ0n) is 19.1. The molecule has 1 aliphatic rings. The molecule has 0 unspecified atom stereocenters. The van der Waals surface area contributed by atoms with Crippen LogP contribution in [0, 0.1) is 0 Å². The first-order valence-corrected chi connectivity index (χ1v) is 11.9. The lowest BCUT2D eigenvalue weighted by Gasteiger charge is -2.20. The molecule has 198 valence electrons. The number of β-amino-alcohol motifs (C(OH)–C–C–N with tert-alkyl or cyclic N) is 1. The summed E-state index contributed by atoms with van der Waals surface area (Å²) >= 11 is 11.9. The van der Waals surface area contributed by atoms with E-state index < -0.39 is 23.9 Å². The van der Waals surface area contributed by atoms with Crippen molar-refractivity contribution in [2.24, 2.45) is 10.9 Å². The fourth-order valence-corrected chi connectivity index (χ4v) is 4.34. The lowest BCUT2D eigenvalue weighted by Crippen LogP contribution is -2.37. The van der Waals surface area contributed by atoms with E-state index in [-0.39, 0.29) is 48.6 Å². The fourth-order valence-electron chi connectivity index (χ4n) is 4.02. The lowest BCUT2D eigenvalue weighted by atomic mass is 10.1. The van der Waals surface area contributed by atoms with Gasteiger partial charge in [0, 0.05) is 18.5 Å². The molecular weight excluding hydrogens is 538 g/mol. The van der Waals surface area contributed by atoms with Gasteiger partial charge >= 0.3 is 6.18 Å². The van der Waals surface area contributed by atoms with Crippen LogP contribution >= 0.6 is 23.2 Å². The van der Waals surface area contributed by atoms with Crippen LogP contribution in [0.5, 0.6) is 5.75 Å². The van der Waals surface area contributed by atoms with Gasteiger partial charge in [0.25, 0.3) is 0 Å². The molecule has 1 aromatic heterocycles. The van der Waals surface area contributed by atoms with E-state index in [4.69, 9.17) is 43.4 Å². The molecule has 2 aromatic carbocycles. The first-order chi connectivity index (χ1) is 17.6. The minimum absolute atomic E-state index is 0.00865. The zero-order chi connectivity index (χ0) is 26.7. The summed E-state index contributed by atoms with van der Waals surface area (Å²) in [7, 11) is 0. The number of guanidine groups is 1. The smallest absolute Gasteiger partial charge is 0.419 e. The van der Waals surface area contributed by atoms with E-state index in [1.54, 1.807) is 18.2 Å².